The van der Waals surface area contributed by atoms with Gasteiger partial charge in [0.2, 0.25) is 0 Å². The van der Waals surface area contributed by atoms with Gasteiger partial charge in [-0.05, 0) is 34.0 Å². The molecule has 0 fully saturated rings. The first-order valence-electron chi connectivity index (χ1n) is 9.08. The molecule has 0 saturated heterocycles. The van der Waals surface area contributed by atoms with Crippen LogP contribution in [0.5, 0.6) is 0 Å². The molecule has 146 valence electrons. The summed E-state index contributed by atoms with van der Waals surface area (Å²) in [5.41, 5.74) is 3.59. The lowest BCUT2D eigenvalue weighted by Crippen LogP contribution is -2.37. The molecule has 3 heterocycles. The first-order chi connectivity index (χ1) is 14.0. The van der Waals surface area contributed by atoms with Gasteiger partial charge in [-0.25, -0.2) is 15.0 Å². The fourth-order valence-electron chi connectivity index (χ4n) is 3.12. The number of hydrogen-bond acceptors (Lipinski definition) is 6. The summed E-state index contributed by atoms with van der Waals surface area (Å²) in [7, 11) is 1.86. The molecule has 3 aromatic rings. The Bertz CT molecular complexity index is 1100. The minimum atomic E-state index is 0.255. The Morgan fingerprint density at radius 2 is 1.93 bits per heavy atom. The van der Waals surface area contributed by atoms with E-state index in [4.69, 9.17) is 10.8 Å². The molecule has 1 aliphatic rings. The predicted octanol–water partition coefficient (Wildman–Crippen LogP) is 3.64. The van der Waals surface area contributed by atoms with E-state index in [-0.39, 0.29) is 5.84 Å². The molecule has 0 spiro atoms. The summed E-state index contributed by atoms with van der Waals surface area (Å²) in [6.07, 6.45) is 8.65. The van der Waals surface area contributed by atoms with Gasteiger partial charge in [0, 0.05) is 49.6 Å². The average Bonchev–Trinajstić information content (AvgIpc) is 3.15. The molecule has 0 atom stereocenters. The number of amidine groups is 2. The maximum atomic E-state index is 8.53. The molecule has 0 bridgehead atoms. The summed E-state index contributed by atoms with van der Waals surface area (Å²) in [5.74, 6) is 1.21. The van der Waals surface area contributed by atoms with Gasteiger partial charge in [-0.3, -0.25) is 15.5 Å². The molecule has 0 radical (unpaired) electrons. The van der Waals surface area contributed by atoms with Gasteiger partial charge in [-0.15, -0.1) is 0 Å². The van der Waals surface area contributed by atoms with E-state index in [0.717, 1.165) is 26.9 Å². The Balaban J connectivity index is 1.54. The van der Waals surface area contributed by atoms with Crippen LogP contribution in [0.4, 0.5) is 0 Å². The Morgan fingerprint density at radius 1 is 1.14 bits per heavy atom. The molecule has 0 saturated carbocycles. The van der Waals surface area contributed by atoms with Crippen LogP contribution < -0.4 is 0 Å². The summed E-state index contributed by atoms with van der Waals surface area (Å²) in [5, 5.41) is 26.9. The van der Waals surface area contributed by atoms with E-state index in [1.165, 1.54) is 5.01 Å². The smallest absolute Gasteiger partial charge is 0.159 e. The van der Waals surface area contributed by atoms with Crippen LogP contribution in [-0.2, 0) is 13.5 Å². The third kappa shape index (κ3) is 4.29. The summed E-state index contributed by atoms with van der Waals surface area (Å²) >= 11 is 3.34. The van der Waals surface area contributed by atoms with Gasteiger partial charge in [0.1, 0.15) is 11.7 Å². The minimum absolute atomic E-state index is 0.255. The highest BCUT2D eigenvalue weighted by Crippen LogP contribution is 2.20. The first kappa shape index (κ1) is 19.1. The first-order valence-corrected chi connectivity index (χ1v) is 9.87. The zero-order valence-electron chi connectivity index (χ0n) is 15.8. The van der Waals surface area contributed by atoms with Crippen molar-refractivity contribution in [3.05, 3.63) is 64.7 Å². The second-order valence-electron chi connectivity index (χ2n) is 6.76. The second kappa shape index (κ2) is 8.04. The van der Waals surface area contributed by atoms with Crippen molar-refractivity contribution in [2.24, 2.45) is 12.1 Å². The van der Waals surface area contributed by atoms with E-state index < -0.39 is 0 Å². The van der Waals surface area contributed by atoms with E-state index in [1.807, 2.05) is 37.5 Å². The van der Waals surface area contributed by atoms with Crippen molar-refractivity contribution in [2.45, 2.75) is 19.3 Å². The van der Waals surface area contributed by atoms with E-state index in [2.05, 4.69) is 36.1 Å². The Hall–Kier alpha value is -3.20. The van der Waals surface area contributed by atoms with E-state index in [0.29, 0.717) is 30.9 Å². The second-order valence-corrected chi connectivity index (χ2v) is 7.67. The number of aryl methyl sites for hydroxylation is 1. The summed E-state index contributed by atoms with van der Waals surface area (Å²) in [4.78, 5) is 8.66. The molecule has 0 unspecified atom stereocenters. The van der Waals surface area contributed by atoms with E-state index in [1.54, 1.807) is 23.3 Å². The number of nitrogens with zero attached hydrogens (tertiary/aromatic N) is 6. The predicted molar refractivity (Wildman–Crippen MR) is 115 cm³/mol. The van der Waals surface area contributed by atoms with Crippen molar-refractivity contribution in [1.82, 2.24) is 24.8 Å². The van der Waals surface area contributed by atoms with Crippen LogP contribution in [0.15, 0.2) is 58.6 Å². The summed E-state index contributed by atoms with van der Waals surface area (Å²) in [6.45, 7) is 0. The minimum Gasteiger partial charge on any atom is -0.287 e. The molecule has 1 aliphatic heterocycles. The zero-order chi connectivity index (χ0) is 20.4. The van der Waals surface area contributed by atoms with Crippen molar-refractivity contribution in [1.29, 1.82) is 10.8 Å². The molecular weight excluding hydrogens is 432 g/mol. The van der Waals surface area contributed by atoms with Crippen LogP contribution in [0, 0.1) is 10.8 Å². The number of halogens is 1. The number of hydrogen-bond donors (Lipinski definition) is 2. The van der Waals surface area contributed by atoms with Crippen molar-refractivity contribution in [3.63, 3.8) is 0 Å². The van der Waals surface area contributed by atoms with Gasteiger partial charge in [-0.2, -0.15) is 10.2 Å². The average molecular weight is 451 g/mol. The van der Waals surface area contributed by atoms with Crippen LogP contribution in [0.25, 0.3) is 11.4 Å². The fourth-order valence-corrected chi connectivity index (χ4v) is 3.32. The molecule has 0 aliphatic carbocycles. The zero-order valence-corrected chi connectivity index (χ0v) is 17.4. The fraction of sp³-hybridized carbons (Fsp3) is 0.200. The number of rotatable bonds is 4. The third-order valence-corrected chi connectivity index (χ3v) is 4.96. The Labute approximate surface area is 176 Å². The van der Waals surface area contributed by atoms with E-state index >= 15 is 0 Å². The highest BCUT2D eigenvalue weighted by molar-refractivity contribution is 9.10. The summed E-state index contributed by atoms with van der Waals surface area (Å²) < 4.78 is 2.55. The van der Waals surface area contributed by atoms with Crippen LogP contribution in [0.2, 0.25) is 0 Å². The van der Waals surface area contributed by atoms with Crippen molar-refractivity contribution < 1.29 is 0 Å². The van der Waals surface area contributed by atoms with Crippen molar-refractivity contribution in [2.75, 3.05) is 0 Å². The molecule has 0 amide bonds. The molecule has 4 rings (SSSR count). The van der Waals surface area contributed by atoms with Crippen LogP contribution in [-0.4, -0.2) is 42.1 Å². The van der Waals surface area contributed by atoms with Gasteiger partial charge >= 0.3 is 0 Å². The number of aromatic nitrogens is 4. The van der Waals surface area contributed by atoms with E-state index in [9.17, 15) is 0 Å². The highest BCUT2D eigenvalue weighted by Gasteiger charge is 2.22. The monoisotopic (exact) mass is 450 g/mol. The molecule has 29 heavy (non-hydrogen) atoms. The van der Waals surface area contributed by atoms with Gasteiger partial charge < -0.3 is 0 Å². The van der Waals surface area contributed by atoms with Crippen LogP contribution in [0.3, 0.4) is 0 Å². The Morgan fingerprint density at radius 3 is 2.66 bits per heavy atom. The normalized spacial score (nSPS) is 14.1. The van der Waals surface area contributed by atoms with Crippen LogP contribution in [0.1, 0.15) is 24.0 Å². The highest BCUT2D eigenvalue weighted by atomic mass is 79.9. The topological polar surface area (TPSA) is 107 Å². The van der Waals surface area contributed by atoms with Gasteiger partial charge in [0.15, 0.2) is 5.82 Å². The van der Waals surface area contributed by atoms with Crippen molar-refractivity contribution >= 4 is 33.3 Å². The SMILES string of the molecule is Cn1cc(C2=NN(C(=N)Cc3cccc(-c4ncc(Br)cn4)c3)C(=N)CC2)cn1. The molecule has 9 heteroatoms. The summed E-state index contributed by atoms with van der Waals surface area (Å²) in [6, 6.07) is 7.79. The quantitative estimate of drug-likeness (QED) is 0.467. The molecule has 1 aromatic carbocycles. The lowest BCUT2D eigenvalue weighted by atomic mass is 10.1. The number of nitrogens with one attached hydrogen (secondary N) is 2. The standard InChI is InChI=1S/C20H19BrN8/c1-28-12-15(9-26-28)17-5-6-18(22)29(27-17)19(23)8-13-3-2-4-14(7-13)20-24-10-16(21)11-25-20/h2-4,7,9-12,22-23H,5-6,8H2,1H3. The molecule has 8 nitrogen and oxygen atoms in total. The van der Waals surface area contributed by atoms with Crippen LogP contribution >= 0.6 is 15.9 Å². The third-order valence-electron chi connectivity index (χ3n) is 4.55. The van der Waals surface area contributed by atoms with Crippen molar-refractivity contribution in [3.8, 4) is 11.4 Å². The van der Waals surface area contributed by atoms with Gasteiger partial charge in [0.05, 0.1) is 16.4 Å². The lowest BCUT2D eigenvalue weighted by molar-refractivity contribution is 0.598. The molecule has 2 aromatic heterocycles. The number of benzene rings is 1. The largest absolute Gasteiger partial charge is 0.287 e. The van der Waals surface area contributed by atoms with Gasteiger partial charge in [0.25, 0.3) is 0 Å². The van der Waals surface area contributed by atoms with Gasteiger partial charge in [-0.1, -0.05) is 18.2 Å². The molecule has 2 N–H and O–H groups in total. The maximum Gasteiger partial charge on any atom is 0.159 e. The lowest BCUT2D eigenvalue weighted by Gasteiger charge is -2.26. The number of hydrazone groups is 1. The Kier molecular flexibility index (Phi) is 5.30. The maximum absolute atomic E-state index is 8.53. The molecular formula is C20H19BrN8.